The van der Waals surface area contributed by atoms with Crippen molar-refractivity contribution in [3.63, 3.8) is 0 Å². The summed E-state index contributed by atoms with van der Waals surface area (Å²) in [5.41, 5.74) is 7.16. The fraction of sp³-hybridized carbons (Fsp3) is 0.130. The number of hydrogen-bond donors (Lipinski definition) is 3. The molecule has 0 unspecified atom stereocenters. The molecule has 0 atom stereocenters. The molecule has 8 heteroatoms. The number of carboxylic acids is 1. The number of terminal acetylenes is 1. The maximum Gasteiger partial charge on any atom is 0.343 e. The quantitative estimate of drug-likeness (QED) is 0.150. The number of esters is 1. The molecule has 2 aromatic carbocycles. The second-order valence-electron chi connectivity index (χ2n) is 6.54. The van der Waals surface area contributed by atoms with E-state index in [4.69, 9.17) is 27.4 Å². The van der Waals surface area contributed by atoms with Crippen LogP contribution in [-0.2, 0) is 9.59 Å². The molecule has 0 aliphatic heterocycles. The van der Waals surface area contributed by atoms with E-state index in [0.29, 0.717) is 28.0 Å². The highest BCUT2D eigenvalue weighted by molar-refractivity contribution is 5.99. The number of hydrogen-bond acceptors (Lipinski definition) is 5. The predicted molar refractivity (Wildman–Crippen MR) is 116 cm³/mol. The van der Waals surface area contributed by atoms with Gasteiger partial charge in [0, 0.05) is 11.1 Å². The summed E-state index contributed by atoms with van der Waals surface area (Å²) in [6.45, 7) is 0.946. The Balaban J connectivity index is 2.08. The number of carbonyl (C=O) groups excluding carboxylic acids is 2. The predicted octanol–water partition coefficient (Wildman–Crippen LogP) is 2.14. The number of nitrogen functional groups attached to an aromatic ring is 1. The topological polar surface area (TPSA) is 134 Å². The van der Waals surface area contributed by atoms with Gasteiger partial charge in [-0.1, -0.05) is 18.1 Å². The Morgan fingerprint density at radius 1 is 1.13 bits per heavy atom. The van der Waals surface area contributed by atoms with Crippen LogP contribution in [0.15, 0.2) is 54.1 Å². The van der Waals surface area contributed by atoms with Gasteiger partial charge < -0.3 is 20.5 Å². The second-order valence-corrected chi connectivity index (χ2v) is 6.54. The number of amides is 1. The molecule has 4 N–H and O–H groups in total. The third-order valence-corrected chi connectivity index (χ3v) is 4.14. The number of nitrogens with two attached hydrogens (primary N) is 1. The molecule has 1 amide bonds. The van der Waals surface area contributed by atoms with Crippen molar-refractivity contribution >= 4 is 29.8 Å². The minimum absolute atomic E-state index is 0.0827. The van der Waals surface area contributed by atoms with E-state index in [2.05, 4.69) is 5.92 Å². The highest BCUT2D eigenvalue weighted by Gasteiger charge is 2.17. The molecule has 0 aliphatic rings. The normalized spacial score (nSPS) is 10.6. The van der Waals surface area contributed by atoms with E-state index in [1.165, 1.54) is 0 Å². The summed E-state index contributed by atoms with van der Waals surface area (Å²) in [6, 6.07) is 12.6. The lowest BCUT2D eigenvalue weighted by Gasteiger charge is -2.18. The van der Waals surface area contributed by atoms with Gasteiger partial charge in [-0.25, -0.2) is 4.79 Å². The first-order chi connectivity index (χ1) is 14.7. The van der Waals surface area contributed by atoms with Gasteiger partial charge in [-0.3, -0.25) is 15.0 Å². The van der Waals surface area contributed by atoms with Crippen molar-refractivity contribution in [2.75, 3.05) is 13.1 Å². The molecule has 158 valence electrons. The third-order valence-electron chi connectivity index (χ3n) is 4.14. The molecule has 0 saturated carbocycles. The Hall–Kier alpha value is -4.38. The second kappa shape index (κ2) is 10.4. The minimum Gasteiger partial charge on any atom is -0.480 e. The van der Waals surface area contributed by atoms with Crippen LogP contribution < -0.4 is 10.5 Å². The fourth-order valence-corrected chi connectivity index (χ4v) is 2.62. The van der Waals surface area contributed by atoms with E-state index in [0.717, 1.165) is 4.90 Å². The van der Waals surface area contributed by atoms with E-state index in [1.54, 1.807) is 61.5 Å². The summed E-state index contributed by atoms with van der Waals surface area (Å²) < 4.78 is 5.29. The lowest BCUT2D eigenvalue weighted by molar-refractivity contribution is -0.142. The van der Waals surface area contributed by atoms with Gasteiger partial charge in [0.1, 0.15) is 18.1 Å². The Labute approximate surface area is 179 Å². The van der Waals surface area contributed by atoms with E-state index in [1.807, 2.05) is 0 Å². The van der Waals surface area contributed by atoms with Crippen LogP contribution in [0.3, 0.4) is 0 Å². The SMILES string of the molecule is C#CCN(CC(=O)O)C(=O)C(C)=Cc1ccc(C(=O)Oc2ccc(C(=N)N)cc2)cc1. The highest BCUT2D eigenvalue weighted by atomic mass is 16.5. The number of carbonyl (C=O) groups is 3. The van der Waals surface area contributed by atoms with Crippen molar-refractivity contribution in [2.45, 2.75) is 6.92 Å². The maximum atomic E-state index is 12.4. The monoisotopic (exact) mass is 419 g/mol. The lowest BCUT2D eigenvalue weighted by Crippen LogP contribution is -2.36. The molecular formula is C23H21N3O5. The smallest absolute Gasteiger partial charge is 0.343 e. The van der Waals surface area contributed by atoms with Crippen LogP contribution in [0.2, 0.25) is 0 Å². The van der Waals surface area contributed by atoms with Crippen molar-refractivity contribution in [1.82, 2.24) is 4.90 Å². The largest absolute Gasteiger partial charge is 0.480 e. The molecule has 8 nitrogen and oxygen atoms in total. The summed E-state index contributed by atoms with van der Waals surface area (Å²) >= 11 is 0. The van der Waals surface area contributed by atoms with Crippen molar-refractivity contribution in [3.8, 4) is 18.1 Å². The number of ether oxygens (including phenoxy) is 1. The first-order valence-corrected chi connectivity index (χ1v) is 9.10. The minimum atomic E-state index is -1.16. The number of nitrogens with zero attached hydrogens (tertiary/aromatic N) is 1. The van der Waals surface area contributed by atoms with Gasteiger partial charge in [-0.2, -0.15) is 0 Å². The molecule has 0 saturated heterocycles. The van der Waals surface area contributed by atoms with Gasteiger partial charge in [0.15, 0.2) is 0 Å². The molecule has 0 radical (unpaired) electrons. The van der Waals surface area contributed by atoms with E-state index >= 15 is 0 Å². The van der Waals surface area contributed by atoms with Gasteiger partial charge in [-0.15, -0.1) is 6.42 Å². The summed E-state index contributed by atoms with van der Waals surface area (Å²) in [5.74, 6) is 0.283. The van der Waals surface area contributed by atoms with E-state index in [-0.39, 0.29) is 12.4 Å². The molecule has 2 aromatic rings. The van der Waals surface area contributed by atoms with Crippen LogP contribution in [0.5, 0.6) is 5.75 Å². The zero-order chi connectivity index (χ0) is 23.0. The Morgan fingerprint density at radius 2 is 1.71 bits per heavy atom. The average Bonchev–Trinajstić information content (AvgIpc) is 2.73. The highest BCUT2D eigenvalue weighted by Crippen LogP contribution is 2.16. The summed E-state index contributed by atoms with van der Waals surface area (Å²) in [4.78, 5) is 36.7. The molecule has 0 fully saturated rings. The lowest BCUT2D eigenvalue weighted by atomic mass is 10.1. The first kappa shape index (κ1) is 22.9. The summed E-state index contributed by atoms with van der Waals surface area (Å²) in [6.07, 6.45) is 6.77. The van der Waals surface area contributed by atoms with E-state index < -0.39 is 24.4 Å². The molecule has 0 spiro atoms. The third kappa shape index (κ3) is 6.58. The molecule has 0 heterocycles. The van der Waals surface area contributed by atoms with Crippen LogP contribution in [0.25, 0.3) is 6.08 Å². The van der Waals surface area contributed by atoms with Gasteiger partial charge in [0.25, 0.3) is 5.91 Å². The van der Waals surface area contributed by atoms with Crippen molar-refractivity contribution in [2.24, 2.45) is 5.73 Å². The van der Waals surface area contributed by atoms with Crippen LogP contribution in [0, 0.1) is 17.8 Å². The number of nitrogens with one attached hydrogen (secondary N) is 1. The molecule has 31 heavy (non-hydrogen) atoms. The van der Waals surface area contributed by atoms with Crippen LogP contribution in [0.4, 0.5) is 0 Å². The summed E-state index contributed by atoms with van der Waals surface area (Å²) in [5, 5.41) is 16.3. The molecule has 0 aliphatic carbocycles. The number of benzene rings is 2. The zero-order valence-electron chi connectivity index (χ0n) is 16.8. The fourth-order valence-electron chi connectivity index (χ4n) is 2.62. The summed E-state index contributed by atoms with van der Waals surface area (Å²) in [7, 11) is 0. The molecule has 0 aromatic heterocycles. The molecular weight excluding hydrogens is 398 g/mol. The van der Waals surface area contributed by atoms with Crippen molar-refractivity contribution < 1.29 is 24.2 Å². The van der Waals surface area contributed by atoms with Gasteiger partial charge in [-0.05, 0) is 55.0 Å². The van der Waals surface area contributed by atoms with Crippen molar-refractivity contribution in [3.05, 3.63) is 70.8 Å². The Morgan fingerprint density at radius 3 is 2.23 bits per heavy atom. The van der Waals surface area contributed by atoms with Gasteiger partial charge >= 0.3 is 11.9 Å². The Kier molecular flexibility index (Phi) is 7.69. The van der Waals surface area contributed by atoms with Crippen LogP contribution >= 0.6 is 0 Å². The zero-order valence-corrected chi connectivity index (χ0v) is 16.8. The number of amidine groups is 1. The van der Waals surface area contributed by atoms with Crippen molar-refractivity contribution in [1.29, 1.82) is 5.41 Å². The maximum absolute atomic E-state index is 12.4. The van der Waals surface area contributed by atoms with Crippen LogP contribution in [0.1, 0.15) is 28.4 Å². The molecule has 0 bridgehead atoms. The Bertz CT molecular complexity index is 1060. The number of rotatable bonds is 8. The standard InChI is InChI=1S/C23H21N3O5/c1-3-12-26(14-20(27)28)22(29)15(2)13-16-4-6-18(7-5-16)23(30)31-19-10-8-17(9-11-19)21(24)25/h1,4-11,13H,12,14H2,2H3,(H3,24,25)(H,27,28). The average molecular weight is 419 g/mol. The van der Waals surface area contributed by atoms with E-state index in [9.17, 15) is 14.4 Å². The molecule has 2 rings (SSSR count). The number of carboxylic acid groups (broad SMARTS) is 1. The van der Waals surface area contributed by atoms with Gasteiger partial charge in [0.05, 0.1) is 12.1 Å². The first-order valence-electron chi connectivity index (χ1n) is 9.10. The van der Waals surface area contributed by atoms with Gasteiger partial charge in [0.2, 0.25) is 0 Å². The number of aliphatic carboxylic acids is 1. The van der Waals surface area contributed by atoms with Crippen LogP contribution in [-0.4, -0.2) is 46.8 Å².